The molecule has 1 unspecified atom stereocenters. The number of nitriles is 1. The summed E-state index contributed by atoms with van der Waals surface area (Å²) in [6.45, 7) is 1.50. The first-order valence-electron chi connectivity index (χ1n) is 11.4. The highest BCUT2D eigenvalue weighted by Gasteiger charge is 2.24. The summed E-state index contributed by atoms with van der Waals surface area (Å²) >= 11 is 1.30. The number of esters is 1. The average molecular weight is 480 g/mol. The molecule has 0 saturated heterocycles. The lowest BCUT2D eigenvalue weighted by atomic mass is 9.94. The van der Waals surface area contributed by atoms with Crippen LogP contribution in [0.15, 0.2) is 53.4 Å². The largest absolute Gasteiger partial charge is 0.449 e. The molecule has 0 spiro atoms. The molecule has 0 bridgehead atoms. The van der Waals surface area contributed by atoms with Crippen molar-refractivity contribution in [1.82, 2.24) is 4.90 Å². The van der Waals surface area contributed by atoms with E-state index in [-0.39, 0.29) is 17.7 Å². The highest BCUT2D eigenvalue weighted by molar-refractivity contribution is 8.00. The fourth-order valence-corrected chi connectivity index (χ4v) is 4.79. The third-order valence-corrected chi connectivity index (χ3v) is 6.97. The first-order valence-corrected chi connectivity index (χ1v) is 12.4. The number of hydrogen-bond acceptors (Lipinski definition) is 6. The number of amides is 2. The number of nitrogens with zero attached hydrogens (tertiary/aromatic N) is 2. The number of carbonyl (C=O) groups is 3. The number of nitrogens with one attached hydrogen (secondary N) is 1. The van der Waals surface area contributed by atoms with Crippen LogP contribution in [0.25, 0.3) is 0 Å². The van der Waals surface area contributed by atoms with Crippen molar-refractivity contribution in [1.29, 1.82) is 5.26 Å². The van der Waals surface area contributed by atoms with Gasteiger partial charge in [0, 0.05) is 23.7 Å². The number of thioether (sulfide) groups is 1. The van der Waals surface area contributed by atoms with Crippen LogP contribution in [0.2, 0.25) is 0 Å². The number of hydrogen-bond donors (Lipinski definition) is 1. The van der Waals surface area contributed by atoms with Gasteiger partial charge in [-0.3, -0.25) is 9.59 Å². The van der Waals surface area contributed by atoms with Gasteiger partial charge in [-0.25, -0.2) is 4.79 Å². The number of rotatable bonds is 8. The first-order chi connectivity index (χ1) is 16.4. The molecule has 34 heavy (non-hydrogen) atoms. The van der Waals surface area contributed by atoms with Crippen LogP contribution in [0.1, 0.15) is 54.9 Å². The van der Waals surface area contributed by atoms with E-state index in [9.17, 15) is 14.4 Å². The van der Waals surface area contributed by atoms with Crippen LogP contribution in [-0.4, -0.2) is 47.6 Å². The molecule has 2 aromatic rings. The van der Waals surface area contributed by atoms with Crippen LogP contribution in [-0.2, 0) is 14.3 Å². The van der Waals surface area contributed by atoms with Gasteiger partial charge in [0.15, 0.2) is 6.10 Å². The van der Waals surface area contributed by atoms with E-state index in [4.69, 9.17) is 10.00 Å². The predicted octanol–water partition coefficient (Wildman–Crippen LogP) is 4.63. The molecule has 1 N–H and O–H groups in total. The number of ether oxygens (including phenoxy) is 1. The van der Waals surface area contributed by atoms with Crippen LogP contribution in [0.4, 0.5) is 5.69 Å². The van der Waals surface area contributed by atoms with Crippen molar-refractivity contribution in [3.8, 4) is 6.07 Å². The molecule has 1 aliphatic rings. The molecule has 2 aromatic carbocycles. The average Bonchev–Trinajstić information content (AvgIpc) is 2.87. The molecule has 2 amide bonds. The standard InChI is InChI=1S/C26H29N3O4S/c1-18(25(31)28-20-14-12-19(16-27)13-15-20)33-26(32)22-10-6-7-11-23(22)34-17-24(30)29(2)21-8-4-3-5-9-21/h6-7,10-15,18,21H,3-5,8-9,17H2,1-2H3,(H,28,31). The minimum absolute atomic E-state index is 0.0373. The Morgan fingerprint density at radius 3 is 2.47 bits per heavy atom. The van der Waals surface area contributed by atoms with Gasteiger partial charge in [-0.15, -0.1) is 11.8 Å². The Labute approximate surface area is 204 Å². The summed E-state index contributed by atoms with van der Waals surface area (Å²) in [4.78, 5) is 40.4. The Morgan fingerprint density at radius 2 is 1.79 bits per heavy atom. The minimum atomic E-state index is -1.03. The zero-order valence-corrected chi connectivity index (χ0v) is 20.3. The van der Waals surface area contributed by atoms with Gasteiger partial charge in [0.25, 0.3) is 5.91 Å². The van der Waals surface area contributed by atoms with Gasteiger partial charge >= 0.3 is 5.97 Å². The topological polar surface area (TPSA) is 99.5 Å². The number of carbonyl (C=O) groups excluding carboxylic acids is 3. The first kappa shape index (κ1) is 25.3. The fourth-order valence-electron chi connectivity index (χ4n) is 3.82. The van der Waals surface area contributed by atoms with Gasteiger partial charge in [-0.1, -0.05) is 31.4 Å². The molecule has 0 radical (unpaired) electrons. The summed E-state index contributed by atoms with van der Waals surface area (Å²) < 4.78 is 5.39. The third kappa shape index (κ3) is 6.84. The Balaban J connectivity index is 1.56. The van der Waals surface area contributed by atoms with Crippen molar-refractivity contribution in [2.45, 2.75) is 56.1 Å². The van der Waals surface area contributed by atoms with Gasteiger partial charge in [-0.05, 0) is 56.2 Å². The molecule has 0 aromatic heterocycles. The second-order valence-corrected chi connectivity index (χ2v) is 9.32. The van der Waals surface area contributed by atoms with E-state index < -0.39 is 18.0 Å². The Kier molecular flexibility index (Phi) is 9.11. The van der Waals surface area contributed by atoms with E-state index in [1.807, 2.05) is 18.0 Å². The van der Waals surface area contributed by atoms with Crippen molar-refractivity contribution >= 4 is 35.2 Å². The molecule has 1 aliphatic carbocycles. The quantitative estimate of drug-likeness (QED) is 0.438. The highest BCUT2D eigenvalue weighted by Crippen LogP contribution is 2.26. The van der Waals surface area contributed by atoms with E-state index in [0.29, 0.717) is 21.7 Å². The predicted molar refractivity (Wildman–Crippen MR) is 131 cm³/mol. The molecule has 1 saturated carbocycles. The summed E-state index contributed by atoms with van der Waals surface area (Å²) in [5.41, 5.74) is 1.30. The second-order valence-electron chi connectivity index (χ2n) is 8.31. The summed E-state index contributed by atoms with van der Waals surface area (Å²) in [7, 11) is 1.85. The monoisotopic (exact) mass is 479 g/mol. The Morgan fingerprint density at radius 1 is 1.12 bits per heavy atom. The smallest absolute Gasteiger partial charge is 0.340 e. The molecule has 178 valence electrons. The van der Waals surface area contributed by atoms with Crippen molar-refractivity contribution < 1.29 is 19.1 Å². The minimum Gasteiger partial charge on any atom is -0.449 e. The van der Waals surface area contributed by atoms with E-state index in [2.05, 4.69) is 5.32 Å². The maximum Gasteiger partial charge on any atom is 0.340 e. The zero-order valence-electron chi connectivity index (χ0n) is 19.5. The van der Waals surface area contributed by atoms with Crippen LogP contribution < -0.4 is 5.32 Å². The van der Waals surface area contributed by atoms with Gasteiger partial charge in [0.1, 0.15) is 0 Å². The second kappa shape index (κ2) is 12.2. The molecule has 1 fully saturated rings. The van der Waals surface area contributed by atoms with Crippen molar-refractivity contribution in [2.24, 2.45) is 0 Å². The van der Waals surface area contributed by atoms with E-state index in [1.54, 1.807) is 48.5 Å². The maximum absolute atomic E-state index is 12.8. The van der Waals surface area contributed by atoms with Crippen LogP contribution in [0, 0.1) is 11.3 Å². The fraction of sp³-hybridized carbons (Fsp3) is 0.385. The summed E-state index contributed by atoms with van der Waals surface area (Å²) in [5, 5.41) is 11.5. The van der Waals surface area contributed by atoms with Crippen molar-refractivity contribution in [2.75, 3.05) is 18.1 Å². The molecular formula is C26H29N3O4S. The molecule has 0 aliphatic heterocycles. The van der Waals surface area contributed by atoms with E-state index >= 15 is 0 Å². The Hall–Kier alpha value is -3.31. The van der Waals surface area contributed by atoms with E-state index in [0.717, 1.165) is 25.7 Å². The molecule has 0 heterocycles. The zero-order chi connectivity index (χ0) is 24.5. The molecule has 3 rings (SSSR count). The van der Waals surface area contributed by atoms with Crippen molar-refractivity contribution in [3.63, 3.8) is 0 Å². The summed E-state index contributed by atoms with van der Waals surface area (Å²) in [5.74, 6) is -0.840. The highest BCUT2D eigenvalue weighted by atomic mass is 32.2. The van der Waals surface area contributed by atoms with Gasteiger partial charge in [-0.2, -0.15) is 5.26 Å². The number of benzene rings is 2. The number of anilines is 1. The third-order valence-electron chi connectivity index (χ3n) is 5.91. The van der Waals surface area contributed by atoms with Gasteiger partial charge in [0.2, 0.25) is 5.91 Å². The molecule has 7 nitrogen and oxygen atoms in total. The summed E-state index contributed by atoms with van der Waals surface area (Å²) in [6.07, 6.45) is 4.59. The molecule has 1 atom stereocenters. The van der Waals surface area contributed by atoms with Crippen LogP contribution in [0.3, 0.4) is 0 Å². The normalized spacial score (nSPS) is 14.5. The van der Waals surface area contributed by atoms with Crippen LogP contribution >= 0.6 is 11.8 Å². The van der Waals surface area contributed by atoms with Gasteiger partial charge in [0.05, 0.1) is 22.9 Å². The van der Waals surface area contributed by atoms with E-state index in [1.165, 1.54) is 25.1 Å². The lowest BCUT2D eigenvalue weighted by Gasteiger charge is -2.31. The maximum atomic E-state index is 12.8. The lowest BCUT2D eigenvalue weighted by molar-refractivity contribution is -0.129. The lowest BCUT2D eigenvalue weighted by Crippen LogP contribution is -2.39. The SMILES string of the molecule is CC(OC(=O)c1ccccc1SCC(=O)N(C)C1CCCCC1)C(=O)Nc1ccc(C#N)cc1. The summed E-state index contributed by atoms with van der Waals surface area (Å²) in [6, 6.07) is 15.6. The molecular weight excluding hydrogens is 450 g/mol. The van der Waals surface area contributed by atoms with Gasteiger partial charge < -0.3 is 15.0 Å². The Bertz CT molecular complexity index is 1060. The van der Waals surface area contributed by atoms with Crippen LogP contribution in [0.5, 0.6) is 0 Å². The van der Waals surface area contributed by atoms with Crippen molar-refractivity contribution in [3.05, 3.63) is 59.7 Å². The molecule has 8 heteroatoms.